The fourth-order valence-electron chi connectivity index (χ4n) is 4.65. The van der Waals surface area contributed by atoms with Crippen LogP contribution in [0.15, 0.2) is 54.7 Å². The van der Waals surface area contributed by atoms with Crippen LogP contribution < -0.4 is 4.74 Å². The number of alkyl halides is 2. The molecule has 0 spiro atoms. The zero-order chi connectivity index (χ0) is 27.3. The molecule has 5 heterocycles. The molecular weight excluding hydrogens is 531 g/mol. The van der Waals surface area contributed by atoms with E-state index < -0.39 is 12.4 Å². The van der Waals surface area contributed by atoms with Crippen LogP contribution in [0.1, 0.15) is 5.82 Å². The molecule has 6 rings (SSSR count). The van der Waals surface area contributed by atoms with Gasteiger partial charge in [0.05, 0.1) is 25.0 Å². The Morgan fingerprint density at radius 2 is 2.05 bits per heavy atom. The first kappa shape index (κ1) is 24.8. The lowest BCUT2D eigenvalue weighted by Crippen LogP contribution is -2.37. The zero-order valence-corrected chi connectivity index (χ0v) is 21.3. The Bertz CT molecular complexity index is 1740. The summed E-state index contributed by atoms with van der Waals surface area (Å²) in [5.74, 6) is -0.495. The molecule has 0 atom stereocenters. The van der Waals surface area contributed by atoms with E-state index in [1.807, 2.05) is 17.6 Å². The number of aryl methyl sites for hydroxylation is 1. The van der Waals surface area contributed by atoms with E-state index in [1.54, 1.807) is 27.5 Å². The normalized spacial score (nSPS) is 13.2. The molecule has 9 nitrogen and oxygen atoms in total. The highest BCUT2D eigenvalue weighted by Gasteiger charge is 2.28. The summed E-state index contributed by atoms with van der Waals surface area (Å²) in [5.41, 5.74) is 2.31. The van der Waals surface area contributed by atoms with Gasteiger partial charge in [0.2, 0.25) is 11.7 Å². The van der Waals surface area contributed by atoms with E-state index in [2.05, 4.69) is 16.8 Å². The predicted molar refractivity (Wildman–Crippen MR) is 138 cm³/mol. The Morgan fingerprint density at radius 3 is 2.79 bits per heavy atom. The van der Waals surface area contributed by atoms with Crippen LogP contribution in [0.5, 0.6) is 5.75 Å². The van der Waals surface area contributed by atoms with E-state index in [1.165, 1.54) is 29.5 Å². The van der Waals surface area contributed by atoms with Crippen molar-refractivity contribution in [3.63, 3.8) is 0 Å². The molecule has 1 amide bonds. The van der Waals surface area contributed by atoms with Crippen molar-refractivity contribution in [1.29, 1.82) is 0 Å². The number of carbonyl (C=O) groups excluding carboxylic acids is 1. The number of hydrogen-bond acceptors (Lipinski definition) is 7. The van der Waals surface area contributed by atoms with Crippen molar-refractivity contribution < 1.29 is 22.7 Å². The number of rotatable bonds is 6. The van der Waals surface area contributed by atoms with Gasteiger partial charge in [-0.3, -0.25) is 9.48 Å². The topological polar surface area (TPSA) is 91.0 Å². The minimum Gasteiger partial charge on any atom is -0.434 e. The third-order valence-corrected chi connectivity index (χ3v) is 7.31. The molecule has 13 heteroatoms. The lowest BCUT2D eigenvalue weighted by Gasteiger charge is -2.25. The molecule has 5 aromatic rings. The van der Waals surface area contributed by atoms with Crippen LogP contribution in [0.2, 0.25) is 0 Å². The van der Waals surface area contributed by atoms with E-state index >= 15 is 0 Å². The molecule has 0 saturated carbocycles. The van der Waals surface area contributed by atoms with Gasteiger partial charge in [-0.1, -0.05) is 6.58 Å². The lowest BCUT2D eigenvalue weighted by molar-refractivity contribution is -0.127. The first-order valence-electron chi connectivity index (χ1n) is 11.8. The molecule has 4 aromatic heterocycles. The summed E-state index contributed by atoms with van der Waals surface area (Å²) < 4.78 is 49.7. The van der Waals surface area contributed by atoms with E-state index in [4.69, 9.17) is 14.7 Å². The summed E-state index contributed by atoms with van der Waals surface area (Å²) in [4.78, 5) is 23.4. The Morgan fingerprint density at radius 1 is 1.21 bits per heavy atom. The highest BCUT2D eigenvalue weighted by Crippen LogP contribution is 2.45. The van der Waals surface area contributed by atoms with Gasteiger partial charge in [-0.25, -0.2) is 19.0 Å². The molecule has 0 saturated heterocycles. The van der Waals surface area contributed by atoms with Gasteiger partial charge in [-0.2, -0.15) is 13.9 Å². The highest BCUT2D eigenvalue weighted by molar-refractivity contribution is 7.18. The van der Waals surface area contributed by atoms with Crippen molar-refractivity contribution in [3.05, 3.63) is 66.3 Å². The number of aromatic nitrogens is 6. The summed E-state index contributed by atoms with van der Waals surface area (Å²) in [7, 11) is 1.79. The van der Waals surface area contributed by atoms with Gasteiger partial charge in [-0.15, -0.1) is 16.4 Å². The van der Waals surface area contributed by atoms with Gasteiger partial charge in [-0.05, 0) is 29.7 Å². The van der Waals surface area contributed by atoms with Crippen LogP contribution in [-0.2, 0) is 24.9 Å². The monoisotopic (exact) mass is 551 g/mol. The molecule has 0 aliphatic carbocycles. The number of carbonyl (C=O) groups is 1. The van der Waals surface area contributed by atoms with Crippen LogP contribution in [0.25, 0.3) is 44.0 Å². The third-order valence-electron chi connectivity index (χ3n) is 6.38. The maximum atomic E-state index is 14.2. The van der Waals surface area contributed by atoms with Gasteiger partial charge in [0.15, 0.2) is 0 Å². The van der Waals surface area contributed by atoms with Gasteiger partial charge in [0.25, 0.3) is 0 Å². The number of amides is 1. The number of nitrogens with zero attached hydrogens (tertiary/aromatic N) is 7. The Hall–Kier alpha value is -4.52. The van der Waals surface area contributed by atoms with Crippen molar-refractivity contribution in [1.82, 2.24) is 34.4 Å². The summed E-state index contributed by atoms with van der Waals surface area (Å²) in [5, 5.41) is 11.5. The average Bonchev–Trinajstić information content (AvgIpc) is 3.66. The third kappa shape index (κ3) is 4.44. The summed E-state index contributed by atoms with van der Waals surface area (Å²) in [6, 6.07) is 5.36. The molecule has 198 valence electrons. The molecular formula is C26H20F3N7O2S. The SMILES string of the molecule is C=CC(=O)N1CCn2nc(-c3nc(-c4cnn(C)c4)c4ccsc4c3-c3ccc(F)cc3OC(F)F)nc2C1. The van der Waals surface area contributed by atoms with E-state index in [-0.39, 0.29) is 29.6 Å². The number of hydrogen-bond donors (Lipinski definition) is 0. The van der Waals surface area contributed by atoms with E-state index in [0.29, 0.717) is 40.6 Å². The molecule has 0 bridgehead atoms. The molecule has 1 aromatic carbocycles. The fraction of sp³-hybridized carbons (Fsp3) is 0.192. The maximum Gasteiger partial charge on any atom is 0.387 e. The number of benzene rings is 1. The smallest absolute Gasteiger partial charge is 0.387 e. The lowest BCUT2D eigenvalue weighted by atomic mass is 9.98. The van der Waals surface area contributed by atoms with Gasteiger partial charge in [0.1, 0.15) is 23.1 Å². The highest BCUT2D eigenvalue weighted by atomic mass is 32.1. The van der Waals surface area contributed by atoms with Crippen molar-refractivity contribution in [2.45, 2.75) is 19.7 Å². The van der Waals surface area contributed by atoms with Crippen molar-refractivity contribution in [2.75, 3.05) is 6.54 Å². The van der Waals surface area contributed by atoms with Gasteiger partial charge in [0, 0.05) is 52.6 Å². The van der Waals surface area contributed by atoms with Crippen LogP contribution in [0.3, 0.4) is 0 Å². The van der Waals surface area contributed by atoms with Crippen molar-refractivity contribution in [3.8, 4) is 39.7 Å². The summed E-state index contributed by atoms with van der Waals surface area (Å²) in [6.07, 6.45) is 4.74. The average molecular weight is 552 g/mol. The molecule has 1 aliphatic heterocycles. The quantitative estimate of drug-likeness (QED) is 0.279. The standard InChI is InChI=1S/C26H20F3N7O2S/c1-3-20(37)35-7-8-36-19(13-35)31-25(33-36)23-21(16-5-4-15(27)10-18(16)38-26(28)29)24-17(6-9-39-24)22(32-23)14-11-30-34(2)12-14/h3-6,9-12,26H,1,7-8,13H2,2H3. The fourth-order valence-corrected chi connectivity index (χ4v) is 5.61. The second-order valence-electron chi connectivity index (χ2n) is 8.81. The van der Waals surface area contributed by atoms with Crippen molar-refractivity contribution >= 4 is 27.3 Å². The summed E-state index contributed by atoms with van der Waals surface area (Å²) >= 11 is 1.38. The number of ether oxygens (including phenoxy) is 1. The Kier molecular flexibility index (Phi) is 6.14. The zero-order valence-electron chi connectivity index (χ0n) is 20.5. The first-order valence-corrected chi connectivity index (χ1v) is 12.7. The Labute approximate surface area is 223 Å². The van der Waals surface area contributed by atoms with Crippen LogP contribution >= 0.6 is 11.3 Å². The Balaban J connectivity index is 1.61. The van der Waals surface area contributed by atoms with E-state index in [9.17, 15) is 18.0 Å². The minimum absolute atomic E-state index is 0.219. The predicted octanol–water partition coefficient (Wildman–Crippen LogP) is 4.89. The van der Waals surface area contributed by atoms with Gasteiger partial charge >= 0.3 is 6.61 Å². The number of pyridine rings is 1. The molecule has 0 N–H and O–H groups in total. The maximum absolute atomic E-state index is 14.2. The first-order chi connectivity index (χ1) is 18.8. The number of halogens is 3. The molecule has 0 unspecified atom stereocenters. The number of thiophene rings is 1. The minimum atomic E-state index is -3.16. The molecule has 0 fully saturated rings. The van der Waals surface area contributed by atoms with Crippen LogP contribution in [-0.4, -0.2) is 53.5 Å². The largest absolute Gasteiger partial charge is 0.434 e. The van der Waals surface area contributed by atoms with Crippen LogP contribution in [0, 0.1) is 5.82 Å². The van der Waals surface area contributed by atoms with Crippen molar-refractivity contribution in [2.24, 2.45) is 7.05 Å². The second-order valence-corrected chi connectivity index (χ2v) is 9.72. The van der Waals surface area contributed by atoms with Crippen LogP contribution in [0.4, 0.5) is 13.2 Å². The summed E-state index contributed by atoms with van der Waals surface area (Å²) in [6.45, 7) is 1.44. The second kappa shape index (κ2) is 9.66. The van der Waals surface area contributed by atoms with Gasteiger partial charge < -0.3 is 9.64 Å². The van der Waals surface area contributed by atoms with E-state index in [0.717, 1.165) is 17.0 Å². The number of fused-ring (bicyclic) bond motifs is 2. The molecule has 1 aliphatic rings. The molecule has 39 heavy (non-hydrogen) atoms. The molecule has 0 radical (unpaired) electrons.